The van der Waals surface area contributed by atoms with Gasteiger partial charge in [0, 0.05) is 25.6 Å². The first-order valence-electron chi connectivity index (χ1n) is 10.5. The van der Waals surface area contributed by atoms with Gasteiger partial charge in [0.2, 0.25) is 17.7 Å². The molecule has 7 heteroatoms. The first kappa shape index (κ1) is 20.1. The summed E-state index contributed by atoms with van der Waals surface area (Å²) >= 11 is 0. The third kappa shape index (κ3) is 4.45. The van der Waals surface area contributed by atoms with Gasteiger partial charge in [-0.05, 0) is 45.4 Å². The first-order valence-corrected chi connectivity index (χ1v) is 10.5. The van der Waals surface area contributed by atoms with Crippen LogP contribution in [0.4, 0.5) is 0 Å². The number of nitrogens with one attached hydrogen (secondary N) is 2. The zero-order valence-corrected chi connectivity index (χ0v) is 16.6. The van der Waals surface area contributed by atoms with Crippen LogP contribution >= 0.6 is 0 Å². The van der Waals surface area contributed by atoms with Crippen LogP contribution < -0.4 is 10.6 Å². The zero-order chi connectivity index (χ0) is 19.4. The predicted octanol–water partition coefficient (Wildman–Crippen LogP) is 1.50. The Morgan fingerprint density at radius 3 is 2.52 bits per heavy atom. The Morgan fingerprint density at radius 1 is 1.22 bits per heavy atom. The van der Waals surface area contributed by atoms with Crippen LogP contribution in [0.5, 0.6) is 0 Å². The first-order chi connectivity index (χ1) is 12.9. The second-order valence-electron chi connectivity index (χ2n) is 8.32. The molecule has 2 heterocycles. The minimum Gasteiger partial charge on any atom is -0.376 e. The number of amides is 3. The summed E-state index contributed by atoms with van der Waals surface area (Å²) in [5, 5.41) is 5.93. The fourth-order valence-electron chi connectivity index (χ4n) is 4.40. The molecule has 3 amide bonds. The van der Waals surface area contributed by atoms with Gasteiger partial charge in [-0.15, -0.1) is 0 Å². The van der Waals surface area contributed by atoms with Crippen molar-refractivity contribution in [1.29, 1.82) is 0 Å². The van der Waals surface area contributed by atoms with Gasteiger partial charge >= 0.3 is 0 Å². The molecule has 1 saturated carbocycles. The van der Waals surface area contributed by atoms with E-state index in [-0.39, 0.29) is 29.9 Å². The third-order valence-electron chi connectivity index (χ3n) is 6.43. The lowest BCUT2D eigenvalue weighted by Gasteiger charge is -2.42. The molecule has 0 aromatic carbocycles. The van der Waals surface area contributed by atoms with Gasteiger partial charge in [0.1, 0.15) is 11.6 Å². The second-order valence-corrected chi connectivity index (χ2v) is 8.32. The monoisotopic (exact) mass is 379 g/mol. The van der Waals surface area contributed by atoms with Crippen molar-refractivity contribution in [2.45, 2.75) is 95.4 Å². The van der Waals surface area contributed by atoms with E-state index < -0.39 is 11.6 Å². The van der Waals surface area contributed by atoms with Crippen molar-refractivity contribution in [1.82, 2.24) is 15.5 Å². The average Bonchev–Trinajstić information content (AvgIpc) is 3.41. The molecule has 152 valence electrons. The van der Waals surface area contributed by atoms with E-state index in [2.05, 4.69) is 10.6 Å². The number of hydrogen-bond donors (Lipinski definition) is 2. The van der Waals surface area contributed by atoms with E-state index >= 15 is 0 Å². The fourth-order valence-corrected chi connectivity index (χ4v) is 4.40. The Morgan fingerprint density at radius 2 is 1.96 bits per heavy atom. The highest BCUT2D eigenvalue weighted by molar-refractivity contribution is 5.96. The smallest absolute Gasteiger partial charge is 0.246 e. The van der Waals surface area contributed by atoms with Crippen molar-refractivity contribution < 1.29 is 19.1 Å². The lowest BCUT2D eigenvalue weighted by molar-refractivity contribution is -0.151. The molecule has 0 unspecified atom stereocenters. The van der Waals surface area contributed by atoms with Crippen molar-refractivity contribution in [3.63, 3.8) is 0 Å². The Kier molecular flexibility index (Phi) is 6.40. The van der Waals surface area contributed by atoms with Crippen molar-refractivity contribution in [3.8, 4) is 0 Å². The number of carbonyl (C=O) groups excluding carboxylic acids is 3. The zero-order valence-electron chi connectivity index (χ0n) is 16.6. The van der Waals surface area contributed by atoms with E-state index in [4.69, 9.17) is 4.74 Å². The van der Waals surface area contributed by atoms with Crippen molar-refractivity contribution in [3.05, 3.63) is 0 Å². The largest absolute Gasteiger partial charge is 0.376 e. The van der Waals surface area contributed by atoms with Gasteiger partial charge in [0.05, 0.1) is 6.10 Å². The van der Waals surface area contributed by atoms with Gasteiger partial charge < -0.3 is 20.3 Å². The molecular weight excluding hydrogens is 346 g/mol. The summed E-state index contributed by atoms with van der Waals surface area (Å²) < 4.78 is 5.76. The Balaban J connectivity index is 1.79. The molecule has 0 aromatic heterocycles. The molecule has 3 rings (SSSR count). The Hall–Kier alpha value is -1.63. The maximum Gasteiger partial charge on any atom is 0.246 e. The fraction of sp³-hybridized carbons (Fsp3) is 0.850. The normalized spacial score (nSPS) is 28.0. The molecule has 0 spiro atoms. The average molecular weight is 380 g/mol. The van der Waals surface area contributed by atoms with E-state index in [1.165, 1.54) is 0 Å². The minimum absolute atomic E-state index is 0.0452. The van der Waals surface area contributed by atoms with Crippen LogP contribution in [0.25, 0.3) is 0 Å². The van der Waals surface area contributed by atoms with E-state index in [9.17, 15) is 14.4 Å². The summed E-state index contributed by atoms with van der Waals surface area (Å²) in [5.41, 5.74) is -0.945. The molecule has 0 radical (unpaired) electrons. The van der Waals surface area contributed by atoms with E-state index in [0.717, 1.165) is 38.5 Å². The van der Waals surface area contributed by atoms with E-state index in [0.29, 0.717) is 32.4 Å². The Labute approximate surface area is 161 Å². The summed E-state index contributed by atoms with van der Waals surface area (Å²) in [7, 11) is 0. The highest BCUT2D eigenvalue weighted by Gasteiger charge is 2.45. The van der Waals surface area contributed by atoms with E-state index in [1.807, 2.05) is 13.8 Å². The third-order valence-corrected chi connectivity index (χ3v) is 6.43. The topological polar surface area (TPSA) is 87.7 Å². The van der Waals surface area contributed by atoms with Crippen LogP contribution in [-0.4, -0.2) is 59.5 Å². The van der Waals surface area contributed by atoms with Crippen LogP contribution in [-0.2, 0) is 19.1 Å². The molecule has 3 aliphatic rings. The second kappa shape index (κ2) is 8.59. The number of rotatable bonds is 7. The molecule has 2 N–H and O–H groups in total. The summed E-state index contributed by atoms with van der Waals surface area (Å²) in [6.07, 6.45) is 7.48. The van der Waals surface area contributed by atoms with Gasteiger partial charge in [-0.25, -0.2) is 0 Å². The van der Waals surface area contributed by atoms with Crippen LogP contribution in [0.1, 0.15) is 71.6 Å². The summed E-state index contributed by atoms with van der Waals surface area (Å²) in [6, 6.07) is -0.335. The quantitative estimate of drug-likeness (QED) is 0.702. The molecule has 2 saturated heterocycles. The standard InChI is InChI=1S/C20H33N3O4/c1-3-20(2,19(26)21-14-7-4-5-8-14)23(13-15-9-6-12-27-15)18(25)16-10-11-17(24)22-16/h14-16H,3-13H2,1-2H3,(H,21,26)(H,22,24)/t15-,16+,20+/m1/s1. The SMILES string of the molecule is CC[C@@](C)(C(=O)NC1CCCC1)N(C[C@H]1CCCO1)C(=O)[C@@H]1CCC(=O)N1. The number of nitrogens with zero attached hydrogens (tertiary/aromatic N) is 1. The summed E-state index contributed by atoms with van der Waals surface area (Å²) in [5.74, 6) is -0.353. The number of hydrogen-bond acceptors (Lipinski definition) is 4. The van der Waals surface area contributed by atoms with Crippen LogP contribution in [0.2, 0.25) is 0 Å². The van der Waals surface area contributed by atoms with Crippen molar-refractivity contribution in [2.75, 3.05) is 13.2 Å². The number of carbonyl (C=O) groups is 3. The molecule has 3 atom stereocenters. The lowest BCUT2D eigenvalue weighted by Crippen LogP contribution is -2.63. The molecule has 0 aromatic rings. The summed E-state index contributed by atoms with van der Waals surface area (Å²) in [4.78, 5) is 39.8. The minimum atomic E-state index is -0.945. The van der Waals surface area contributed by atoms with Gasteiger partial charge in [-0.3, -0.25) is 14.4 Å². The lowest BCUT2D eigenvalue weighted by atomic mass is 9.92. The van der Waals surface area contributed by atoms with Crippen LogP contribution in [0.3, 0.4) is 0 Å². The van der Waals surface area contributed by atoms with Crippen LogP contribution in [0, 0.1) is 0 Å². The van der Waals surface area contributed by atoms with Gasteiger partial charge in [-0.2, -0.15) is 0 Å². The van der Waals surface area contributed by atoms with Crippen molar-refractivity contribution >= 4 is 17.7 Å². The number of ether oxygens (including phenoxy) is 1. The van der Waals surface area contributed by atoms with Crippen LogP contribution in [0.15, 0.2) is 0 Å². The maximum absolute atomic E-state index is 13.3. The molecule has 2 aliphatic heterocycles. The molecule has 0 bridgehead atoms. The molecule has 27 heavy (non-hydrogen) atoms. The van der Waals surface area contributed by atoms with Gasteiger partial charge in [0.25, 0.3) is 0 Å². The van der Waals surface area contributed by atoms with E-state index in [1.54, 1.807) is 4.90 Å². The highest BCUT2D eigenvalue weighted by Crippen LogP contribution is 2.27. The van der Waals surface area contributed by atoms with Gasteiger partial charge in [-0.1, -0.05) is 19.8 Å². The molecular formula is C20H33N3O4. The van der Waals surface area contributed by atoms with Crippen molar-refractivity contribution in [2.24, 2.45) is 0 Å². The molecule has 3 fully saturated rings. The molecule has 1 aliphatic carbocycles. The molecule has 7 nitrogen and oxygen atoms in total. The predicted molar refractivity (Wildman–Crippen MR) is 101 cm³/mol. The van der Waals surface area contributed by atoms with Gasteiger partial charge in [0.15, 0.2) is 0 Å². The summed E-state index contributed by atoms with van der Waals surface area (Å²) in [6.45, 7) is 4.88. The highest BCUT2D eigenvalue weighted by atomic mass is 16.5. The Bertz CT molecular complexity index is 570. The maximum atomic E-state index is 13.3.